The van der Waals surface area contributed by atoms with Gasteiger partial charge >= 0.3 is 0 Å². The molecule has 3 rings (SSSR count). The fourth-order valence-electron chi connectivity index (χ4n) is 3.01. The van der Waals surface area contributed by atoms with Crippen LogP contribution in [-0.4, -0.2) is 26.9 Å². The maximum absolute atomic E-state index is 11.6. The summed E-state index contributed by atoms with van der Waals surface area (Å²) < 4.78 is 23.2. The Balaban J connectivity index is 0.00000208. The van der Waals surface area contributed by atoms with Crippen molar-refractivity contribution >= 4 is 55.3 Å². The minimum absolute atomic E-state index is 0. The third-order valence-corrected chi connectivity index (χ3v) is 5.94. The van der Waals surface area contributed by atoms with Crippen LogP contribution in [0.15, 0.2) is 41.3 Å². The normalized spacial score (nSPS) is 17.9. The largest absolute Gasteiger partial charge is 0.301 e. The molecular weight excluding hydrogens is 412 g/mol. The summed E-state index contributed by atoms with van der Waals surface area (Å²) >= 11 is 12.5. The Morgan fingerprint density at radius 3 is 2.54 bits per heavy atom. The number of benzene rings is 2. The van der Waals surface area contributed by atoms with E-state index in [2.05, 4.69) is 4.90 Å². The summed E-state index contributed by atoms with van der Waals surface area (Å²) in [7, 11) is 3.71. The zero-order valence-electron chi connectivity index (χ0n) is 12.7. The van der Waals surface area contributed by atoms with E-state index in [-0.39, 0.29) is 23.2 Å². The van der Waals surface area contributed by atoms with Crippen LogP contribution < -0.4 is 0 Å². The quantitative estimate of drug-likeness (QED) is 0.639. The summed E-state index contributed by atoms with van der Waals surface area (Å²) in [5.41, 5.74) is 2.93. The topological polar surface area (TPSA) is 37.4 Å². The summed E-state index contributed by atoms with van der Waals surface area (Å²) in [5.74, 6) is -0.0154. The van der Waals surface area contributed by atoms with Crippen molar-refractivity contribution in [2.24, 2.45) is 0 Å². The molecule has 2 aromatic rings. The lowest BCUT2D eigenvalue weighted by Crippen LogP contribution is -2.31. The van der Waals surface area contributed by atoms with Gasteiger partial charge in [0, 0.05) is 39.7 Å². The van der Waals surface area contributed by atoms with Crippen molar-refractivity contribution in [3.63, 3.8) is 0 Å². The van der Waals surface area contributed by atoms with Crippen LogP contribution in [0.1, 0.15) is 22.6 Å². The number of hydrogen-bond donors (Lipinski definition) is 0. The highest BCUT2D eigenvalue weighted by atomic mass is 35.7. The Kier molecular flexibility index (Phi) is 6.12. The number of hydrogen-bond acceptors (Lipinski definition) is 3. The molecule has 0 spiro atoms. The van der Waals surface area contributed by atoms with Gasteiger partial charge in [0.15, 0.2) is 0 Å². The first-order valence-electron chi connectivity index (χ1n) is 6.96. The predicted molar refractivity (Wildman–Crippen MR) is 101 cm³/mol. The van der Waals surface area contributed by atoms with Gasteiger partial charge in [0.1, 0.15) is 0 Å². The molecule has 0 saturated carbocycles. The van der Waals surface area contributed by atoms with E-state index < -0.39 is 9.05 Å². The Morgan fingerprint density at radius 2 is 1.88 bits per heavy atom. The molecule has 1 heterocycles. The minimum Gasteiger partial charge on any atom is -0.301 e. The monoisotopic (exact) mass is 425 g/mol. The Bertz CT molecular complexity index is 870. The van der Waals surface area contributed by atoms with Crippen LogP contribution in [0.25, 0.3) is 0 Å². The molecule has 0 radical (unpaired) electrons. The Morgan fingerprint density at radius 1 is 1.17 bits per heavy atom. The van der Waals surface area contributed by atoms with Gasteiger partial charge in [0.25, 0.3) is 9.05 Å². The van der Waals surface area contributed by atoms with Crippen LogP contribution in [0.5, 0.6) is 0 Å². The van der Waals surface area contributed by atoms with Crippen LogP contribution in [-0.2, 0) is 15.6 Å². The third kappa shape index (κ3) is 4.01. The van der Waals surface area contributed by atoms with Crippen molar-refractivity contribution < 1.29 is 8.42 Å². The zero-order chi connectivity index (χ0) is 16.8. The van der Waals surface area contributed by atoms with Crippen LogP contribution in [0.2, 0.25) is 10.0 Å². The average Bonchev–Trinajstić information content (AvgIpc) is 2.47. The molecule has 1 aliphatic heterocycles. The molecule has 8 heteroatoms. The van der Waals surface area contributed by atoms with Gasteiger partial charge in [-0.15, -0.1) is 12.4 Å². The van der Waals surface area contributed by atoms with Gasteiger partial charge in [0.05, 0.1) is 4.90 Å². The predicted octanol–water partition coefficient (Wildman–Crippen LogP) is 4.92. The van der Waals surface area contributed by atoms with Crippen LogP contribution in [0, 0.1) is 0 Å². The fourth-order valence-corrected chi connectivity index (χ4v) is 4.39. The first-order chi connectivity index (χ1) is 10.8. The summed E-state index contributed by atoms with van der Waals surface area (Å²) in [6, 6.07) is 10.3. The zero-order valence-corrected chi connectivity index (χ0v) is 16.6. The lowest BCUT2D eigenvalue weighted by Gasteiger charge is -2.33. The summed E-state index contributed by atoms with van der Waals surface area (Å²) in [6.07, 6.45) is 0. The fraction of sp³-hybridized carbons (Fsp3) is 0.250. The van der Waals surface area contributed by atoms with Gasteiger partial charge in [-0.1, -0.05) is 35.3 Å². The molecular formula is C16H15Cl4NO2S. The number of likely N-dealkylation sites (N-methyl/N-ethyl adjacent to an activating group) is 1. The average molecular weight is 427 g/mol. The molecule has 0 amide bonds. The minimum atomic E-state index is -3.76. The van der Waals surface area contributed by atoms with Gasteiger partial charge in [-0.05, 0) is 48.0 Å². The molecule has 1 unspecified atom stereocenters. The van der Waals surface area contributed by atoms with E-state index in [1.165, 1.54) is 6.07 Å². The molecule has 0 fully saturated rings. The molecule has 0 bridgehead atoms. The van der Waals surface area contributed by atoms with E-state index in [0.717, 1.165) is 29.8 Å². The van der Waals surface area contributed by atoms with Crippen molar-refractivity contribution in [3.05, 3.63) is 63.1 Å². The first-order valence-corrected chi connectivity index (χ1v) is 10.0. The third-order valence-electron chi connectivity index (χ3n) is 4.03. The lowest BCUT2D eigenvalue weighted by atomic mass is 9.85. The second kappa shape index (κ2) is 7.40. The first kappa shape index (κ1) is 19.8. The molecule has 0 N–H and O–H groups in total. The van der Waals surface area contributed by atoms with E-state index in [1.807, 2.05) is 19.2 Å². The summed E-state index contributed by atoms with van der Waals surface area (Å²) in [4.78, 5) is 2.24. The molecule has 1 atom stereocenters. The second-order valence-corrected chi connectivity index (χ2v) is 9.12. The van der Waals surface area contributed by atoms with Crippen molar-refractivity contribution in [2.75, 3.05) is 13.6 Å². The van der Waals surface area contributed by atoms with Gasteiger partial charge in [-0.2, -0.15) is 0 Å². The van der Waals surface area contributed by atoms with Crippen molar-refractivity contribution in [2.45, 2.75) is 17.4 Å². The molecule has 0 aliphatic carbocycles. The Labute approximate surface area is 162 Å². The highest BCUT2D eigenvalue weighted by Crippen LogP contribution is 2.38. The number of nitrogens with zero attached hydrogens (tertiary/aromatic N) is 1. The molecule has 0 saturated heterocycles. The maximum Gasteiger partial charge on any atom is 0.261 e. The van der Waals surface area contributed by atoms with E-state index in [9.17, 15) is 8.42 Å². The van der Waals surface area contributed by atoms with Gasteiger partial charge < -0.3 is 4.90 Å². The highest BCUT2D eigenvalue weighted by Gasteiger charge is 2.27. The molecule has 130 valence electrons. The van der Waals surface area contributed by atoms with Crippen LogP contribution in [0.4, 0.5) is 0 Å². The number of rotatable bonds is 2. The standard InChI is InChI=1S/C16H14Cl3NO2S.ClH/c1-20-8-14(10-3-2-4-12(5-10)23(19,21)22)13-6-11(17)7-16(18)15(13)9-20;/h2-7,14H,8-9H2,1H3;1H. The van der Waals surface area contributed by atoms with E-state index in [0.29, 0.717) is 10.0 Å². The smallest absolute Gasteiger partial charge is 0.261 e. The summed E-state index contributed by atoms with van der Waals surface area (Å²) in [5, 5.41) is 1.20. The van der Waals surface area contributed by atoms with Gasteiger partial charge in [-0.25, -0.2) is 8.42 Å². The second-order valence-electron chi connectivity index (χ2n) is 5.72. The van der Waals surface area contributed by atoms with Gasteiger partial charge in [0.2, 0.25) is 0 Å². The number of fused-ring (bicyclic) bond motifs is 1. The van der Waals surface area contributed by atoms with Crippen LogP contribution >= 0.6 is 46.3 Å². The van der Waals surface area contributed by atoms with Gasteiger partial charge in [-0.3, -0.25) is 0 Å². The SMILES string of the molecule is CN1Cc2c(Cl)cc(Cl)cc2C(c2cccc(S(=O)(=O)Cl)c2)C1.Cl. The maximum atomic E-state index is 11.6. The number of halogens is 4. The Hall–Kier alpha value is -0.490. The van der Waals surface area contributed by atoms with Crippen LogP contribution in [0.3, 0.4) is 0 Å². The molecule has 1 aliphatic rings. The molecule has 24 heavy (non-hydrogen) atoms. The van der Waals surface area contributed by atoms with E-state index in [1.54, 1.807) is 18.2 Å². The highest BCUT2D eigenvalue weighted by molar-refractivity contribution is 8.13. The lowest BCUT2D eigenvalue weighted by molar-refractivity contribution is 0.295. The van der Waals surface area contributed by atoms with E-state index in [4.69, 9.17) is 33.9 Å². The van der Waals surface area contributed by atoms with Crippen molar-refractivity contribution in [1.82, 2.24) is 4.90 Å². The molecule has 0 aromatic heterocycles. The van der Waals surface area contributed by atoms with Crippen molar-refractivity contribution in [3.8, 4) is 0 Å². The molecule has 2 aromatic carbocycles. The van der Waals surface area contributed by atoms with E-state index >= 15 is 0 Å². The molecule has 3 nitrogen and oxygen atoms in total. The van der Waals surface area contributed by atoms with Crippen molar-refractivity contribution in [1.29, 1.82) is 0 Å². The summed E-state index contributed by atoms with van der Waals surface area (Å²) in [6.45, 7) is 1.48.